The maximum Gasteiger partial charge on any atom is 0.317 e. The van der Waals surface area contributed by atoms with Crippen LogP contribution in [0.4, 0.5) is 16.2 Å². The van der Waals surface area contributed by atoms with Crippen molar-refractivity contribution >= 4 is 23.3 Å². The standard InChI is InChI=1S/C17H22N4O5/c1-26-15-10-13(21(24)25)4-5-14(15)19-16(22)11-6-8-20(9-7-11)17(23)18-12-2-3-12/h4-5,10-12H,2-3,6-9H2,1H3,(H,18,23)(H,19,22). The van der Waals surface area contributed by atoms with Gasteiger partial charge in [-0.15, -0.1) is 0 Å². The number of methoxy groups -OCH3 is 1. The van der Waals surface area contributed by atoms with Gasteiger partial charge in [0.2, 0.25) is 5.91 Å². The molecule has 1 saturated carbocycles. The number of anilines is 1. The molecule has 9 nitrogen and oxygen atoms in total. The fourth-order valence-corrected chi connectivity index (χ4v) is 2.97. The van der Waals surface area contributed by atoms with E-state index in [9.17, 15) is 19.7 Å². The fourth-order valence-electron chi connectivity index (χ4n) is 2.97. The molecule has 1 saturated heterocycles. The summed E-state index contributed by atoms with van der Waals surface area (Å²) in [7, 11) is 1.39. The molecule has 1 aliphatic heterocycles. The van der Waals surface area contributed by atoms with Gasteiger partial charge in [0, 0.05) is 31.1 Å². The summed E-state index contributed by atoms with van der Waals surface area (Å²) in [6.45, 7) is 1.07. The number of nitrogens with zero attached hydrogens (tertiary/aromatic N) is 2. The van der Waals surface area contributed by atoms with E-state index in [1.165, 1.54) is 25.3 Å². The van der Waals surface area contributed by atoms with E-state index in [2.05, 4.69) is 10.6 Å². The van der Waals surface area contributed by atoms with Gasteiger partial charge in [0.05, 0.1) is 23.8 Å². The largest absolute Gasteiger partial charge is 0.494 e. The first-order chi connectivity index (χ1) is 12.5. The minimum absolute atomic E-state index is 0.0524. The molecule has 1 aliphatic carbocycles. The van der Waals surface area contributed by atoms with E-state index in [4.69, 9.17) is 4.74 Å². The molecule has 140 valence electrons. The average Bonchev–Trinajstić information content (AvgIpc) is 3.45. The summed E-state index contributed by atoms with van der Waals surface area (Å²) in [5, 5.41) is 16.6. The molecule has 26 heavy (non-hydrogen) atoms. The minimum atomic E-state index is -0.517. The van der Waals surface area contributed by atoms with E-state index < -0.39 is 4.92 Å². The second-order valence-electron chi connectivity index (χ2n) is 6.62. The van der Waals surface area contributed by atoms with Crippen LogP contribution in [0, 0.1) is 16.0 Å². The van der Waals surface area contributed by atoms with Crippen LogP contribution in [0.1, 0.15) is 25.7 Å². The lowest BCUT2D eigenvalue weighted by molar-refractivity contribution is -0.384. The highest BCUT2D eigenvalue weighted by molar-refractivity contribution is 5.94. The van der Waals surface area contributed by atoms with Gasteiger partial charge in [-0.1, -0.05) is 0 Å². The molecule has 0 radical (unpaired) electrons. The van der Waals surface area contributed by atoms with E-state index >= 15 is 0 Å². The number of benzene rings is 1. The van der Waals surface area contributed by atoms with Crippen LogP contribution in [-0.2, 0) is 4.79 Å². The van der Waals surface area contributed by atoms with Gasteiger partial charge in [-0.25, -0.2) is 4.79 Å². The van der Waals surface area contributed by atoms with Crippen molar-refractivity contribution in [3.63, 3.8) is 0 Å². The summed E-state index contributed by atoms with van der Waals surface area (Å²) >= 11 is 0. The van der Waals surface area contributed by atoms with Crippen LogP contribution < -0.4 is 15.4 Å². The molecule has 2 fully saturated rings. The van der Waals surface area contributed by atoms with E-state index in [1.54, 1.807) is 4.90 Å². The number of likely N-dealkylation sites (tertiary alicyclic amines) is 1. The Morgan fingerprint density at radius 3 is 2.50 bits per heavy atom. The Balaban J connectivity index is 1.55. The van der Waals surface area contributed by atoms with E-state index in [1.807, 2.05) is 0 Å². The van der Waals surface area contributed by atoms with Gasteiger partial charge in [0.1, 0.15) is 5.75 Å². The van der Waals surface area contributed by atoms with Crippen LogP contribution in [-0.4, -0.2) is 48.0 Å². The third-order valence-corrected chi connectivity index (χ3v) is 4.71. The third kappa shape index (κ3) is 4.22. The highest BCUT2D eigenvalue weighted by Gasteiger charge is 2.30. The van der Waals surface area contributed by atoms with Gasteiger partial charge in [0.15, 0.2) is 0 Å². The third-order valence-electron chi connectivity index (χ3n) is 4.71. The van der Waals surface area contributed by atoms with Crippen molar-refractivity contribution < 1.29 is 19.2 Å². The molecule has 3 rings (SSSR count). The van der Waals surface area contributed by atoms with Gasteiger partial charge in [-0.05, 0) is 31.7 Å². The molecule has 0 aromatic heterocycles. The number of nitro groups is 1. The number of nitro benzene ring substituents is 1. The number of carbonyl (C=O) groups excluding carboxylic acids is 2. The Bertz CT molecular complexity index is 711. The number of urea groups is 1. The zero-order valence-corrected chi connectivity index (χ0v) is 14.6. The topological polar surface area (TPSA) is 114 Å². The smallest absolute Gasteiger partial charge is 0.317 e. The van der Waals surface area contributed by atoms with Crippen LogP contribution in [0.25, 0.3) is 0 Å². The summed E-state index contributed by atoms with van der Waals surface area (Å²) in [5.74, 6) is -0.131. The number of amides is 3. The molecule has 1 aromatic rings. The van der Waals surface area contributed by atoms with E-state index in [0.717, 1.165) is 12.8 Å². The number of piperidine rings is 1. The minimum Gasteiger partial charge on any atom is -0.494 e. The SMILES string of the molecule is COc1cc([N+](=O)[O-])ccc1NC(=O)C1CCN(C(=O)NC2CC2)CC1. The lowest BCUT2D eigenvalue weighted by Crippen LogP contribution is -2.46. The van der Waals surface area contributed by atoms with Crippen molar-refractivity contribution in [3.05, 3.63) is 28.3 Å². The van der Waals surface area contributed by atoms with Crippen LogP contribution in [0.3, 0.4) is 0 Å². The molecular weight excluding hydrogens is 340 g/mol. The number of hydrogen-bond donors (Lipinski definition) is 2. The van der Waals surface area contributed by atoms with Crippen LogP contribution in [0.15, 0.2) is 18.2 Å². The molecular formula is C17H22N4O5. The molecule has 3 amide bonds. The Morgan fingerprint density at radius 1 is 1.23 bits per heavy atom. The van der Waals surface area contributed by atoms with Crippen LogP contribution in [0.5, 0.6) is 5.75 Å². The zero-order valence-electron chi connectivity index (χ0n) is 14.6. The van der Waals surface area contributed by atoms with Crippen molar-refractivity contribution in [1.82, 2.24) is 10.2 Å². The zero-order chi connectivity index (χ0) is 18.7. The van der Waals surface area contributed by atoms with E-state index in [0.29, 0.717) is 37.7 Å². The highest BCUT2D eigenvalue weighted by atomic mass is 16.6. The Kier molecular flexibility index (Phi) is 5.24. The van der Waals surface area contributed by atoms with E-state index in [-0.39, 0.29) is 29.3 Å². The highest BCUT2D eigenvalue weighted by Crippen LogP contribution is 2.30. The summed E-state index contributed by atoms with van der Waals surface area (Å²) in [6.07, 6.45) is 3.25. The summed E-state index contributed by atoms with van der Waals surface area (Å²) in [4.78, 5) is 36.6. The van der Waals surface area contributed by atoms with Crippen LogP contribution >= 0.6 is 0 Å². The van der Waals surface area contributed by atoms with Gasteiger partial charge >= 0.3 is 6.03 Å². The number of carbonyl (C=O) groups is 2. The number of ether oxygens (including phenoxy) is 1. The first-order valence-corrected chi connectivity index (χ1v) is 8.66. The lowest BCUT2D eigenvalue weighted by Gasteiger charge is -2.31. The Morgan fingerprint density at radius 2 is 1.92 bits per heavy atom. The van der Waals surface area contributed by atoms with Gasteiger partial charge in [-0.2, -0.15) is 0 Å². The molecule has 0 spiro atoms. The van der Waals surface area contributed by atoms with Crippen molar-refractivity contribution in [1.29, 1.82) is 0 Å². The summed E-state index contributed by atoms with van der Waals surface area (Å²) < 4.78 is 5.14. The summed E-state index contributed by atoms with van der Waals surface area (Å²) in [6, 6.07) is 4.33. The second kappa shape index (κ2) is 7.59. The van der Waals surface area contributed by atoms with Gasteiger partial charge in [-0.3, -0.25) is 14.9 Å². The second-order valence-corrected chi connectivity index (χ2v) is 6.62. The monoisotopic (exact) mass is 362 g/mol. The number of nitrogens with one attached hydrogen (secondary N) is 2. The van der Waals surface area contributed by atoms with Gasteiger partial charge < -0.3 is 20.3 Å². The normalized spacial score (nSPS) is 17.5. The Labute approximate surface area is 150 Å². The first kappa shape index (κ1) is 18.0. The maximum absolute atomic E-state index is 12.5. The lowest BCUT2D eigenvalue weighted by atomic mass is 9.96. The predicted molar refractivity (Wildman–Crippen MR) is 94.1 cm³/mol. The van der Waals surface area contributed by atoms with Crippen molar-refractivity contribution in [2.45, 2.75) is 31.7 Å². The molecule has 0 atom stereocenters. The Hall–Kier alpha value is -2.84. The molecule has 2 aliphatic rings. The van der Waals surface area contributed by atoms with Crippen molar-refractivity contribution in [3.8, 4) is 5.75 Å². The number of rotatable bonds is 5. The molecule has 9 heteroatoms. The predicted octanol–water partition coefficient (Wildman–Crippen LogP) is 2.13. The molecule has 0 unspecified atom stereocenters. The van der Waals surface area contributed by atoms with Crippen LogP contribution in [0.2, 0.25) is 0 Å². The molecule has 2 N–H and O–H groups in total. The van der Waals surface area contributed by atoms with Crippen molar-refractivity contribution in [2.24, 2.45) is 5.92 Å². The number of hydrogen-bond acceptors (Lipinski definition) is 5. The molecule has 1 aromatic carbocycles. The average molecular weight is 362 g/mol. The molecule has 0 bridgehead atoms. The first-order valence-electron chi connectivity index (χ1n) is 8.66. The maximum atomic E-state index is 12.5. The number of non-ortho nitro benzene ring substituents is 1. The van der Waals surface area contributed by atoms with Gasteiger partial charge in [0.25, 0.3) is 5.69 Å². The quantitative estimate of drug-likeness (QED) is 0.615. The van der Waals surface area contributed by atoms with Crippen molar-refractivity contribution in [2.75, 3.05) is 25.5 Å². The molecule has 1 heterocycles. The fraction of sp³-hybridized carbons (Fsp3) is 0.529. The summed E-state index contributed by atoms with van der Waals surface area (Å²) in [5.41, 5.74) is 0.298.